The molecule has 0 unspecified atom stereocenters. The van der Waals surface area contributed by atoms with Crippen LogP contribution < -0.4 is 0 Å². The summed E-state index contributed by atoms with van der Waals surface area (Å²) < 4.78 is 1.62. The standard InChI is InChI=1S/C20H35.Sn.H/c1-20(17-11-5-2-6-12-17,18-13-7-3-8-14-18)19-15-9-4-10-16-19;;/h17-19H,1-16H2;;. The molecule has 3 aliphatic rings. The molecule has 0 amide bonds. The van der Waals surface area contributed by atoms with Gasteiger partial charge in [-0.15, -0.1) is 0 Å². The van der Waals surface area contributed by atoms with Crippen molar-refractivity contribution in [3.63, 3.8) is 0 Å². The zero-order valence-corrected chi connectivity index (χ0v) is 17.4. The van der Waals surface area contributed by atoms with Crippen LogP contribution in [0.2, 0.25) is 4.44 Å². The molecule has 1 heteroatoms. The second-order valence-electron chi connectivity index (χ2n) is 8.32. The molecule has 0 aromatic heterocycles. The van der Waals surface area contributed by atoms with Gasteiger partial charge < -0.3 is 0 Å². The van der Waals surface area contributed by atoms with Crippen LogP contribution in [0, 0.1) is 23.2 Å². The Bertz CT molecular complexity index is 247. The molecule has 0 aromatic rings. The first-order chi connectivity index (χ1) is 10.4. The zero-order chi connectivity index (χ0) is 14.5. The molecular weight excluding hydrogens is 359 g/mol. The Hall–Kier alpha value is 0.799. The number of rotatable bonds is 4. The van der Waals surface area contributed by atoms with Crippen molar-refractivity contribution in [3.8, 4) is 0 Å². The van der Waals surface area contributed by atoms with Gasteiger partial charge in [0.25, 0.3) is 0 Å². The van der Waals surface area contributed by atoms with Gasteiger partial charge in [-0.2, -0.15) is 0 Å². The third-order valence-corrected chi connectivity index (χ3v) is 9.47. The summed E-state index contributed by atoms with van der Waals surface area (Å²) in [6.07, 6.45) is 23.4. The van der Waals surface area contributed by atoms with E-state index < -0.39 is 0 Å². The molecule has 3 saturated carbocycles. The summed E-state index contributed by atoms with van der Waals surface area (Å²) in [5, 5.41) is 0. The van der Waals surface area contributed by atoms with E-state index in [2.05, 4.69) is 0 Å². The van der Waals surface area contributed by atoms with Crippen molar-refractivity contribution in [1.29, 1.82) is 0 Å². The molecule has 21 heavy (non-hydrogen) atoms. The molecule has 0 saturated heterocycles. The summed E-state index contributed by atoms with van der Waals surface area (Å²) in [6, 6.07) is 0. The van der Waals surface area contributed by atoms with Crippen LogP contribution in [-0.2, 0) is 0 Å². The van der Waals surface area contributed by atoms with Gasteiger partial charge in [-0.25, -0.2) is 0 Å². The SMILES string of the molecule is [SnH][CH2]C(C1CCCCC1)(C1CCCCC1)C1CCCCC1. The van der Waals surface area contributed by atoms with E-state index in [1.54, 1.807) is 81.5 Å². The quantitative estimate of drug-likeness (QED) is 0.510. The molecule has 0 atom stereocenters. The Morgan fingerprint density at radius 2 is 0.810 bits per heavy atom. The van der Waals surface area contributed by atoms with E-state index in [0.29, 0.717) is 0 Å². The first kappa shape index (κ1) is 16.6. The van der Waals surface area contributed by atoms with Crippen LogP contribution in [0.15, 0.2) is 0 Å². The molecule has 0 bridgehead atoms. The van der Waals surface area contributed by atoms with Crippen LogP contribution in [0.4, 0.5) is 0 Å². The molecule has 120 valence electrons. The summed E-state index contributed by atoms with van der Waals surface area (Å²) in [4.78, 5) is 0. The summed E-state index contributed by atoms with van der Waals surface area (Å²) in [5.74, 6) is 3.35. The van der Waals surface area contributed by atoms with Gasteiger partial charge in [-0.3, -0.25) is 0 Å². The Morgan fingerprint density at radius 1 is 0.524 bits per heavy atom. The Balaban J connectivity index is 1.85. The van der Waals surface area contributed by atoms with E-state index in [0.717, 1.165) is 23.2 Å². The molecule has 0 heterocycles. The van der Waals surface area contributed by atoms with Gasteiger partial charge in [-0.05, 0) is 0 Å². The fourth-order valence-corrected chi connectivity index (χ4v) is 9.27. The summed E-state index contributed by atoms with van der Waals surface area (Å²) >= 11 is 1.52. The van der Waals surface area contributed by atoms with Crippen molar-refractivity contribution < 1.29 is 0 Å². The molecule has 3 aliphatic carbocycles. The second-order valence-corrected chi connectivity index (χ2v) is 9.49. The molecule has 2 radical (unpaired) electrons. The second kappa shape index (κ2) is 8.06. The van der Waals surface area contributed by atoms with E-state index in [1.807, 2.05) is 0 Å². The van der Waals surface area contributed by atoms with Gasteiger partial charge in [0.15, 0.2) is 0 Å². The fourth-order valence-electron chi connectivity index (χ4n) is 6.42. The van der Waals surface area contributed by atoms with E-state index in [-0.39, 0.29) is 0 Å². The first-order valence-electron chi connectivity index (χ1n) is 10.1. The Morgan fingerprint density at radius 3 is 1.05 bits per heavy atom. The fraction of sp³-hybridized carbons (Fsp3) is 1.00. The third-order valence-electron chi connectivity index (χ3n) is 7.45. The molecular formula is C20H36Sn. The van der Waals surface area contributed by atoms with E-state index in [9.17, 15) is 0 Å². The van der Waals surface area contributed by atoms with Crippen molar-refractivity contribution in [2.24, 2.45) is 23.2 Å². The molecule has 0 aliphatic heterocycles. The monoisotopic (exact) mass is 396 g/mol. The van der Waals surface area contributed by atoms with Crippen molar-refractivity contribution in [2.45, 2.75) is 101 Å². The van der Waals surface area contributed by atoms with E-state index in [4.69, 9.17) is 0 Å². The average molecular weight is 395 g/mol. The Labute approximate surface area is 146 Å². The minimum absolute atomic E-state index is 0.809. The van der Waals surface area contributed by atoms with Crippen LogP contribution in [0.25, 0.3) is 0 Å². The van der Waals surface area contributed by atoms with Gasteiger partial charge in [0.05, 0.1) is 0 Å². The number of hydrogen-bond acceptors (Lipinski definition) is 0. The maximum absolute atomic E-state index is 1.62. The summed E-state index contributed by atoms with van der Waals surface area (Å²) in [5.41, 5.74) is 0.809. The first-order valence-corrected chi connectivity index (χ1v) is 12.4. The topological polar surface area (TPSA) is 0 Å². The van der Waals surface area contributed by atoms with Crippen LogP contribution in [0.3, 0.4) is 0 Å². The van der Waals surface area contributed by atoms with E-state index in [1.165, 1.54) is 41.8 Å². The predicted octanol–water partition coefficient (Wildman–Crippen LogP) is 6.03. The van der Waals surface area contributed by atoms with Crippen molar-refractivity contribution >= 4 is 22.5 Å². The average Bonchev–Trinajstić information content (AvgIpc) is 2.59. The molecule has 0 aromatic carbocycles. The zero-order valence-electron chi connectivity index (χ0n) is 14.1. The maximum atomic E-state index is 1.62. The predicted molar refractivity (Wildman–Crippen MR) is 94.1 cm³/mol. The molecule has 3 fully saturated rings. The van der Waals surface area contributed by atoms with Crippen molar-refractivity contribution in [2.75, 3.05) is 0 Å². The van der Waals surface area contributed by atoms with Gasteiger partial charge in [0.2, 0.25) is 0 Å². The van der Waals surface area contributed by atoms with Gasteiger partial charge in [-0.1, -0.05) is 0 Å². The minimum atomic E-state index is 0.809. The van der Waals surface area contributed by atoms with Gasteiger partial charge in [0.1, 0.15) is 0 Å². The van der Waals surface area contributed by atoms with Crippen LogP contribution in [0.5, 0.6) is 0 Å². The van der Waals surface area contributed by atoms with Gasteiger partial charge in [0, 0.05) is 0 Å². The summed E-state index contributed by atoms with van der Waals surface area (Å²) in [6.45, 7) is 0. The Kier molecular flexibility index (Phi) is 6.39. The van der Waals surface area contributed by atoms with Gasteiger partial charge >= 0.3 is 146 Å². The van der Waals surface area contributed by atoms with Crippen molar-refractivity contribution in [3.05, 3.63) is 0 Å². The van der Waals surface area contributed by atoms with E-state index >= 15 is 0 Å². The molecule has 0 nitrogen and oxygen atoms in total. The number of hydrogen-bond donors (Lipinski definition) is 0. The molecule has 0 N–H and O–H groups in total. The van der Waals surface area contributed by atoms with Crippen molar-refractivity contribution in [1.82, 2.24) is 0 Å². The molecule has 3 rings (SSSR count). The molecule has 0 spiro atoms. The van der Waals surface area contributed by atoms with Crippen LogP contribution in [0.1, 0.15) is 96.3 Å². The third kappa shape index (κ3) is 3.50. The summed E-state index contributed by atoms with van der Waals surface area (Å²) in [7, 11) is 0. The van der Waals surface area contributed by atoms with Crippen LogP contribution in [-0.4, -0.2) is 22.5 Å². The normalized spacial score (nSPS) is 27.9. The van der Waals surface area contributed by atoms with Crippen LogP contribution >= 0.6 is 0 Å².